The van der Waals surface area contributed by atoms with Crippen molar-refractivity contribution in [1.29, 1.82) is 0 Å². The van der Waals surface area contributed by atoms with E-state index in [4.69, 9.17) is 0 Å². The van der Waals surface area contributed by atoms with Crippen molar-refractivity contribution in [2.75, 3.05) is 55.5 Å². The molecule has 9 aromatic carbocycles. The van der Waals surface area contributed by atoms with Crippen molar-refractivity contribution in [3.8, 4) is 0 Å². The van der Waals surface area contributed by atoms with E-state index in [1.807, 2.05) is 0 Å². The molecule has 0 aliphatic carbocycles. The first-order valence-corrected chi connectivity index (χ1v) is 48.7. The van der Waals surface area contributed by atoms with Crippen LogP contribution in [0.1, 0.15) is 144 Å². The molecule has 0 aliphatic heterocycles. The first kappa shape index (κ1) is 69.4. The average Bonchev–Trinajstić information content (AvgIpc) is 3.30. The second-order valence-electron chi connectivity index (χ2n) is 26.5. The maximum absolute atomic E-state index is 16.1. The topological polar surface area (TPSA) is 17.1 Å². The zero-order chi connectivity index (χ0) is 62.7. The number of rotatable bonds is 33. The van der Waals surface area contributed by atoms with Crippen molar-refractivity contribution in [3.05, 3.63) is 322 Å². The molecule has 464 valence electrons. The van der Waals surface area contributed by atoms with Gasteiger partial charge in [-0.2, -0.15) is 0 Å². The Balaban J connectivity index is 0.925. The molecule has 9 aromatic rings. The molecule has 0 aromatic heterocycles. The van der Waals surface area contributed by atoms with Gasteiger partial charge in [-0.25, -0.2) is 0 Å². The van der Waals surface area contributed by atoms with Gasteiger partial charge in [-0.1, -0.05) is 0 Å². The van der Waals surface area contributed by atoms with E-state index in [1.54, 1.807) is 0 Å². The van der Waals surface area contributed by atoms with Crippen LogP contribution in [0.5, 0.6) is 0 Å². The summed E-state index contributed by atoms with van der Waals surface area (Å²) in [6.07, 6.45) is 15.5. The summed E-state index contributed by atoms with van der Waals surface area (Å²) in [6.45, 7) is 14.5. The van der Waals surface area contributed by atoms with Crippen LogP contribution in [0.15, 0.2) is 255 Å². The van der Waals surface area contributed by atoms with Crippen molar-refractivity contribution in [1.82, 2.24) is 0 Å². The summed E-state index contributed by atoms with van der Waals surface area (Å²) in [4.78, 5) is 0. The summed E-state index contributed by atoms with van der Waals surface area (Å²) in [6, 6.07) is 94.5. The van der Waals surface area contributed by atoms with Crippen molar-refractivity contribution >= 4 is 69.0 Å². The van der Waals surface area contributed by atoms with Crippen LogP contribution in [0.3, 0.4) is 0 Å². The molecular formula is C81H96OP4Se3. The molecule has 89 heavy (non-hydrogen) atoms. The van der Waals surface area contributed by atoms with Crippen molar-refractivity contribution in [2.24, 2.45) is 0 Å². The molecule has 6 atom stereocenters. The summed E-state index contributed by atoms with van der Waals surface area (Å²) in [5, 5.41) is 0. The van der Waals surface area contributed by atoms with Gasteiger partial charge in [-0.15, -0.1) is 0 Å². The standard InChI is InChI=1S/C81H96OP4Se3/c1-64(76-25-13-7-14-26-76)55-84(87,56-65(2)77-27-15-8-16-28-77)52-49-70-37-43-73(44-38-70)61-83(82,62-74-45-39-71(40-46-74)50-53-85(88,57-66(3)78-29-17-9-18-30-78)58-67(4)79-31-19-10-20-32-79)63-75-47-41-72(42-48-75)51-54-86(89,59-68(5)80-33-21-11-22-34-80)60-69(6)81-35-23-12-24-36-81/h7-48,64-69H,49-63H2,1-6H3. The van der Waals surface area contributed by atoms with Crippen molar-refractivity contribution in [2.45, 2.75) is 115 Å². The van der Waals surface area contributed by atoms with E-state index >= 15 is 4.57 Å². The van der Waals surface area contributed by atoms with Gasteiger partial charge in [-0.05, 0) is 0 Å². The second kappa shape index (κ2) is 33.8. The number of hydrogen-bond acceptors (Lipinski definition) is 1. The molecule has 0 saturated heterocycles. The molecule has 0 saturated carbocycles. The molecule has 8 heteroatoms. The Labute approximate surface area is 560 Å². The van der Waals surface area contributed by atoms with Gasteiger partial charge >= 0.3 is 565 Å². The zero-order valence-corrected chi connectivity index (χ0v) is 62.5. The summed E-state index contributed by atoms with van der Waals surface area (Å²) in [5.41, 5.74) is 11.8. The molecule has 0 bridgehead atoms. The second-order valence-corrected chi connectivity index (χ2v) is 54.1. The molecular weight excluding hydrogens is 1350 g/mol. The number of benzene rings is 9. The van der Waals surface area contributed by atoms with E-state index in [0.29, 0.717) is 54.0 Å². The Bertz CT molecular complexity index is 3200. The molecule has 9 rings (SSSR count). The molecule has 6 unspecified atom stereocenters. The summed E-state index contributed by atoms with van der Waals surface area (Å²) >= 11 is 11.7. The quantitative estimate of drug-likeness (QED) is 0.0296. The monoisotopic (exact) mass is 1450 g/mol. The van der Waals surface area contributed by atoms with Crippen LogP contribution in [0, 0.1) is 0 Å². The molecule has 1 nitrogen and oxygen atoms in total. The van der Waals surface area contributed by atoms with E-state index in [-0.39, 0.29) is 0 Å². The molecule has 0 spiro atoms. The van der Waals surface area contributed by atoms with Crippen LogP contribution >= 0.6 is 23.7 Å². The van der Waals surface area contributed by atoms with E-state index in [9.17, 15) is 0 Å². The third kappa shape index (κ3) is 21.8. The fourth-order valence-electron chi connectivity index (χ4n) is 13.7. The van der Waals surface area contributed by atoms with Gasteiger partial charge < -0.3 is 0 Å². The van der Waals surface area contributed by atoms with Crippen LogP contribution < -0.4 is 0 Å². The van der Waals surface area contributed by atoms with Crippen LogP contribution in [0.4, 0.5) is 0 Å². The minimum atomic E-state index is -2.83. The summed E-state index contributed by atoms with van der Waals surface area (Å²) in [7, 11) is -2.83. The van der Waals surface area contributed by atoms with Crippen molar-refractivity contribution in [3.63, 3.8) is 0 Å². The SMILES string of the molecule is CC(CP(=[Se])(CCc1ccc(CP(=O)(Cc2ccc(CCP(=[Se])(CC(C)c3ccccc3)CC(C)c3ccccc3)cc2)Cc2ccc(CCP(=[Se])(CC(C)c3ccccc3)CC(C)c3ccccc3)cc2)cc1)CC(C)c1ccccc1)c1ccccc1. The maximum atomic E-state index is 16.1. The zero-order valence-electron chi connectivity index (χ0n) is 53.7. The van der Waals surface area contributed by atoms with Gasteiger partial charge in [-0.3, -0.25) is 0 Å². The summed E-state index contributed by atoms with van der Waals surface area (Å²) < 4.78 is 16.1. The van der Waals surface area contributed by atoms with Crippen LogP contribution in [0.2, 0.25) is 0 Å². The third-order valence-electron chi connectivity index (χ3n) is 18.8. The van der Waals surface area contributed by atoms with Gasteiger partial charge in [0.2, 0.25) is 0 Å². The van der Waals surface area contributed by atoms with Crippen LogP contribution in [-0.4, -0.2) is 101 Å². The Morgan fingerprint density at radius 1 is 0.247 bits per heavy atom. The fourth-order valence-corrected chi connectivity index (χ4v) is 37.6. The van der Waals surface area contributed by atoms with Crippen LogP contribution in [-0.2, 0) is 42.3 Å². The fraction of sp³-hybridized carbons (Fsp3) is 0.333. The first-order chi connectivity index (χ1) is 42.9. The molecule has 0 fully saturated rings. The summed E-state index contributed by atoms with van der Waals surface area (Å²) in [5.74, 6) is 2.92. The third-order valence-corrected chi connectivity index (χ3v) is 41.1. The predicted octanol–water partition coefficient (Wildman–Crippen LogP) is 21.7. The van der Waals surface area contributed by atoms with Crippen molar-refractivity contribution < 1.29 is 4.57 Å². The van der Waals surface area contributed by atoms with Gasteiger partial charge in [0.25, 0.3) is 0 Å². The van der Waals surface area contributed by atoms with E-state index in [0.717, 1.165) is 19.3 Å². The molecule has 0 radical (unpaired) electrons. The Morgan fingerprint density at radius 2 is 0.404 bits per heavy atom. The number of hydrogen-bond donors (Lipinski definition) is 0. The van der Waals surface area contributed by atoms with Gasteiger partial charge in [0.05, 0.1) is 0 Å². The molecule has 0 aliphatic rings. The van der Waals surface area contributed by atoms with Gasteiger partial charge in [0.15, 0.2) is 0 Å². The number of aryl methyl sites for hydroxylation is 3. The normalized spacial score (nSPS) is 16.5. The van der Waals surface area contributed by atoms with Crippen LogP contribution in [0.25, 0.3) is 0 Å². The molecule has 0 heterocycles. The molecule has 0 N–H and O–H groups in total. The van der Waals surface area contributed by atoms with E-state index in [2.05, 4.69) is 342 Å². The Kier molecular flexibility index (Phi) is 26.3. The van der Waals surface area contributed by atoms with Gasteiger partial charge in [0, 0.05) is 0 Å². The molecule has 0 amide bonds. The average molecular weight is 1450 g/mol. The van der Waals surface area contributed by atoms with E-state index < -0.39 is 23.7 Å². The van der Waals surface area contributed by atoms with E-state index in [1.165, 1.54) is 122 Å². The Hall–Kier alpha value is -3.94. The Morgan fingerprint density at radius 3 is 0.573 bits per heavy atom. The first-order valence-electron chi connectivity index (χ1n) is 32.7. The minimum absolute atomic E-state index is 0.487. The van der Waals surface area contributed by atoms with Gasteiger partial charge in [0.1, 0.15) is 0 Å². The predicted molar refractivity (Wildman–Crippen MR) is 400 cm³/mol.